The van der Waals surface area contributed by atoms with Crippen molar-refractivity contribution in [3.05, 3.63) is 41.7 Å². The Morgan fingerprint density at radius 1 is 1.30 bits per heavy atom. The van der Waals surface area contributed by atoms with Crippen molar-refractivity contribution in [2.75, 3.05) is 36.7 Å². The molecule has 1 amide bonds. The van der Waals surface area contributed by atoms with Crippen LogP contribution in [0.4, 0.5) is 24.0 Å². The molecule has 30 heavy (non-hydrogen) atoms. The summed E-state index contributed by atoms with van der Waals surface area (Å²) in [6, 6.07) is 6.62. The number of halogens is 3. The highest BCUT2D eigenvalue weighted by molar-refractivity contribution is 7.99. The summed E-state index contributed by atoms with van der Waals surface area (Å²) >= 11 is 3.31. The fourth-order valence-electron chi connectivity index (χ4n) is 2.99. The van der Waals surface area contributed by atoms with Gasteiger partial charge >= 0.3 is 6.18 Å². The Hall–Kier alpha value is -2.53. The highest BCUT2D eigenvalue weighted by Crippen LogP contribution is 2.38. The molecule has 0 unspecified atom stereocenters. The molecular formula is C19H17F3N4O2S2. The minimum atomic E-state index is -4.63. The van der Waals surface area contributed by atoms with E-state index in [2.05, 4.69) is 26.4 Å². The largest absolute Gasteiger partial charge is 0.494 e. The minimum Gasteiger partial charge on any atom is -0.494 e. The van der Waals surface area contributed by atoms with Gasteiger partial charge in [0, 0.05) is 24.4 Å². The molecule has 1 N–H and O–H groups in total. The van der Waals surface area contributed by atoms with E-state index >= 15 is 0 Å². The van der Waals surface area contributed by atoms with Gasteiger partial charge in [0.15, 0.2) is 5.13 Å². The van der Waals surface area contributed by atoms with Crippen molar-refractivity contribution in [2.24, 2.45) is 0 Å². The number of benzene rings is 1. The van der Waals surface area contributed by atoms with Crippen molar-refractivity contribution in [1.29, 1.82) is 0 Å². The number of hydrogen-bond donors (Lipinski definition) is 1. The van der Waals surface area contributed by atoms with E-state index in [0.29, 0.717) is 16.7 Å². The summed E-state index contributed by atoms with van der Waals surface area (Å²) in [6.07, 6.45) is -2.54. The number of nitrogens with zero attached hydrogens (tertiary/aromatic N) is 3. The fraction of sp³-hybridized carbons (Fsp3) is 0.316. The van der Waals surface area contributed by atoms with Crippen LogP contribution in [0, 0.1) is 0 Å². The third-order valence-electron chi connectivity index (χ3n) is 4.67. The zero-order chi connectivity index (χ0) is 21.5. The number of thiazole rings is 1. The van der Waals surface area contributed by atoms with Crippen molar-refractivity contribution in [3.63, 3.8) is 0 Å². The molecule has 1 fully saturated rings. The van der Waals surface area contributed by atoms with Crippen LogP contribution in [-0.4, -0.2) is 47.6 Å². The molecule has 4 rings (SSSR count). The van der Waals surface area contributed by atoms with Gasteiger partial charge in [-0.05, 0) is 24.5 Å². The van der Waals surface area contributed by atoms with E-state index in [1.165, 1.54) is 24.5 Å². The zero-order valence-corrected chi connectivity index (χ0v) is 17.6. The van der Waals surface area contributed by atoms with Crippen molar-refractivity contribution in [2.45, 2.75) is 11.4 Å². The Bertz CT molecular complexity index is 1100. The zero-order valence-electron chi connectivity index (χ0n) is 16.0. The molecule has 0 atom stereocenters. The summed E-state index contributed by atoms with van der Waals surface area (Å²) in [6.45, 7) is 1.87. The summed E-state index contributed by atoms with van der Waals surface area (Å²) < 4.78 is 44.8. The van der Waals surface area contributed by atoms with Crippen molar-refractivity contribution < 1.29 is 22.7 Å². The molecule has 1 saturated heterocycles. The lowest BCUT2D eigenvalue weighted by atomic mass is 10.2. The average Bonchev–Trinajstić information content (AvgIpc) is 3.08. The summed E-state index contributed by atoms with van der Waals surface area (Å²) in [4.78, 5) is 22.8. The van der Waals surface area contributed by atoms with E-state index in [-0.39, 0.29) is 5.69 Å². The highest BCUT2D eigenvalue weighted by atomic mass is 32.2. The molecule has 6 nitrogen and oxygen atoms in total. The summed E-state index contributed by atoms with van der Waals surface area (Å²) in [5.74, 6) is -0.390. The van der Waals surface area contributed by atoms with Crippen molar-refractivity contribution in [1.82, 2.24) is 9.97 Å². The quantitative estimate of drug-likeness (QED) is 0.611. The van der Waals surface area contributed by atoms with Crippen molar-refractivity contribution in [3.8, 4) is 5.75 Å². The van der Waals surface area contributed by atoms with Crippen LogP contribution < -0.4 is 15.0 Å². The van der Waals surface area contributed by atoms with Crippen LogP contribution in [0.5, 0.6) is 5.75 Å². The van der Waals surface area contributed by atoms with Gasteiger partial charge in [-0.3, -0.25) is 4.79 Å². The molecule has 0 spiro atoms. The molecule has 3 aromatic rings. The number of amides is 1. The lowest BCUT2D eigenvalue weighted by Crippen LogP contribution is -2.48. The van der Waals surface area contributed by atoms with Gasteiger partial charge in [0.2, 0.25) is 0 Å². The summed E-state index contributed by atoms with van der Waals surface area (Å²) in [5, 5.41) is 4.09. The molecule has 0 aliphatic carbocycles. The standard InChI is InChI=1S/C19H17F3N4O2S2/c1-28-14-6-13-15(30-18(25-13)26-8-10(9-26)29-2)7-12(14)24-17(27)11-4-3-5-16(23-11)19(20,21)22/h3-7,10H,8-9H2,1-2H3,(H,24,27). The Morgan fingerprint density at radius 2 is 2.07 bits per heavy atom. The molecule has 1 aliphatic rings. The van der Waals surface area contributed by atoms with E-state index in [4.69, 9.17) is 4.74 Å². The smallest absolute Gasteiger partial charge is 0.433 e. The predicted molar refractivity (Wildman–Crippen MR) is 113 cm³/mol. The number of hydrogen-bond acceptors (Lipinski definition) is 7. The average molecular weight is 454 g/mol. The van der Waals surface area contributed by atoms with Gasteiger partial charge in [-0.2, -0.15) is 24.9 Å². The Labute approximate surface area is 178 Å². The van der Waals surface area contributed by atoms with Crippen LogP contribution in [-0.2, 0) is 6.18 Å². The Morgan fingerprint density at radius 3 is 2.73 bits per heavy atom. The summed E-state index contributed by atoms with van der Waals surface area (Å²) in [7, 11) is 1.45. The van der Waals surface area contributed by atoms with Gasteiger partial charge in [-0.15, -0.1) is 0 Å². The van der Waals surface area contributed by atoms with E-state index in [1.54, 1.807) is 12.1 Å². The molecule has 0 bridgehead atoms. The number of rotatable bonds is 5. The third-order valence-corrected chi connectivity index (χ3v) is 6.71. The normalized spacial score (nSPS) is 14.6. The molecular weight excluding hydrogens is 437 g/mol. The van der Waals surface area contributed by atoms with Gasteiger partial charge in [-0.25, -0.2) is 9.97 Å². The van der Waals surface area contributed by atoms with Gasteiger partial charge < -0.3 is 15.0 Å². The first-order chi connectivity index (χ1) is 14.3. The molecule has 2 aromatic heterocycles. The van der Waals surface area contributed by atoms with E-state index in [9.17, 15) is 18.0 Å². The number of thioether (sulfide) groups is 1. The number of nitrogens with one attached hydrogen (secondary N) is 1. The molecule has 0 radical (unpaired) electrons. The molecule has 1 aliphatic heterocycles. The second-order valence-electron chi connectivity index (χ2n) is 6.64. The fourth-order valence-corrected chi connectivity index (χ4v) is 4.66. The number of fused-ring (bicyclic) bond motifs is 1. The van der Waals surface area contributed by atoms with E-state index in [1.807, 2.05) is 11.8 Å². The van der Waals surface area contributed by atoms with Gasteiger partial charge in [0.1, 0.15) is 17.1 Å². The maximum atomic E-state index is 12.9. The van der Waals surface area contributed by atoms with Crippen LogP contribution in [0.1, 0.15) is 16.2 Å². The van der Waals surface area contributed by atoms with Crippen LogP contribution in [0.3, 0.4) is 0 Å². The second-order valence-corrected chi connectivity index (χ2v) is 8.79. The Kier molecular flexibility index (Phi) is 5.49. The molecule has 11 heteroatoms. The lowest BCUT2D eigenvalue weighted by Gasteiger charge is -2.37. The number of pyridine rings is 1. The first kappa shape index (κ1) is 20.7. The maximum Gasteiger partial charge on any atom is 0.433 e. The number of alkyl halides is 3. The summed E-state index contributed by atoms with van der Waals surface area (Å²) in [5.41, 5.74) is -0.381. The van der Waals surface area contributed by atoms with Gasteiger partial charge in [0.05, 0.1) is 23.0 Å². The highest BCUT2D eigenvalue weighted by Gasteiger charge is 2.33. The van der Waals surface area contributed by atoms with E-state index in [0.717, 1.165) is 40.6 Å². The van der Waals surface area contributed by atoms with Crippen molar-refractivity contribution >= 4 is 50.0 Å². The lowest BCUT2D eigenvalue weighted by molar-refractivity contribution is -0.141. The molecule has 158 valence electrons. The van der Waals surface area contributed by atoms with Gasteiger partial charge in [0.25, 0.3) is 5.91 Å². The SMILES string of the molecule is COc1cc2nc(N3CC(SC)C3)sc2cc1NC(=O)c1cccc(C(F)(F)F)n1. The molecule has 0 saturated carbocycles. The predicted octanol–water partition coefficient (Wildman–Crippen LogP) is 4.52. The minimum absolute atomic E-state index is 0.333. The molecule has 3 heterocycles. The van der Waals surface area contributed by atoms with Crippen LogP contribution in [0.15, 0.2) is 30.3 Å². The van der Waals surface area contributed by atoms with Gasteiger partial charge in [-0.1, -0.05) is 17.4 Å². The second kappa shape index (κ2) is 7.95. The monoisotopic (exact) mass is 454 g/mol. The van der Waals surface area contributed by atoms with Crippen LogP contribution in [0.25, 0.3) is 10.2 Å². The maximum absolute atomic E-state index is 12.9. The van der Waals surface area contributed by atoms with Crippen LogP contribution in [0.2, 0.25) is 0 Å². The third kappa shape index (κ3) is 4.04. The number of carbonyl (C=O) groups excluding carboxylic acids is 1. The number of aromatic nitrogens is 2. The number of anilines is 2. The number of methoxy groups -OCH3 is 1. The number of carbonyl (C=O) groups is 1. The van der Waals surface area contributed by atoms with Crippen LogP contribution >= 0.6 is 23.1 Å². The molecule has 1 aromatic carbocycles. The first-order valence-electron chi connectivity index (χ1n) is 8.90. The van der Waals surface area contributed by atoms with E-state index < -0.39 is 17.8 Å². The number of ether oxygens (including phenoxy) is 1. The first-order valence-corrected chi connectivity index (χ1v) is 11.0. The topological polar surface area (TPSA) is 67.3 Å². The Balaban J connectivity index is 1.59.